The number of nitrogens with one attached hydrogen (secondary N) is 2. The molecular formula is C15H30N2O2. The van der Waals surface area contributed by atoms with E-state index < -0.39 is 0 Å². The maximum absolute atomic E-state index is 11.1. The lowest BCUT2D eigenvalue weighted by Gasteiger charge is -2.27. The summed E-state index contributed by atoms with van der Waals surface area (Å²) in [7, 11) is 0. The second-order valence-electron chi connectivity index (χ2n) is 6.73. The Hall–Kier alpha value is -0.740. The largest absolute Gasteiger partial charge is 0.311 e. The minimum Gasteiger partial charge on any atom is -0.311 e. The zero-order chi connectivity index (χ0) is 15.1. The number of ketones is 2. The molecule has 0 saturated carbocycles. The standard InChI is InChI=1S/C15H30N2O2/c1-12(18)10-14(3,4)16-8-7-9-17-15(5,6)11-13(2)19/h16-17H,7-11H2,1-6H3. The SMILES string of the molecule is CC(=O)CC(C)(C)NCCCNC(C)(C)CC(C)=O. The highest BCUT2D eigenvalue weighted by Gasteiger charge is 2.20. The van der Waals surface area contributed by atoms with Crippen LogP contribution in [0.1, 0.15) is 60.8 Å². The van der Waals surface area contributed by atoms with Gasteiger partial charge in [0.1, 0.15) is 11.6 Å². The fourth-order valence-electron chi connectivity index (χ4n) is 2.31. The molecule has 0 spiro atoms. The van der Waals surface area contributed by atoms with Crippen molar-refractivity contribution in [1.29, 1.82) is 0 Å². The number of carbonyl (C=O) groups excluding carboxylic acids is 2. The molecule has 0 aliphatic heterocycles. The molecule has 0 aromatic heterocycles. The van der Waals surface area contributed by atoms with E-state index >= 15 is 0 Å². The van der Waals surface area contributed by atoms with Gasteiger partial charge in [-0.05, 0) is 61.1 Å². The van der Waals surface area contributed by atoms with Crippen molar-refractivity contribution >= 4 is 11.6 Å². The van der Waals surface area contributed by atoms with Gasteiger partial charge in [0.2, 0.25) is 0 Å². The van der Waals surface area contributed by atoms with Crippen LogP contribution < -0.4 is 10.6 Å². The summed E-state index contributed by atoms with van der Waals surface area (Å²) in [5, 5.41) is 6.78. The van der Waals surface area contributed by atoms with Gasteiger partial charge in [0.05, 0.1) is 0 Å². The molecular weight excluding hydrogens is 240 g/mol. The Morgan fingerprint density at radius 3 is 1.37 bits per heavy atom. The first-order valence-electron chi connectivity index (χ1n) is 7.03. The van der Waals surface area contributed by atoms with Crippen molar-refractivity contribution in [2.75, 3.05) is 13.1 Å². The first-order chi connectivity index (χ1) is 8.54. The van der Waals surface area contributed by atoms with Crippen LogP contribution in [0.2, 0.25) is 0 Å². The number of hydrogen-bond acceptors (Lipinski definition) is 4. The number of carbonyl (C=O) groups is 2. The second kappa shape index (κ2) is 7.75. The van der Waals surface area contributed by atoms with Crippen molar-refractivity contribution < 1.29 is 9.59 Å². The minimum atomic E-state index is -0.138. The van der Waals surface area contributed by atoms with E-state index in [1.54, 1.807) is 13.8 Å². The highest BCUT2D eigenvalue weighted by molar-refractivity contribution is 5.77. The number of rotatable bonds is 10. The Morgan fingerprint density at radius 1 is 0.789 bits per heavy atom. The summed E-state index contributed by atoms with van der Waals surface area (Å²) in [4.78, 5) is 22.2. The molecule has 0 saturated heterocycles. The lowest BCUT2D eigenvalue weighted by molar-refractivity contribution is -0.119. The fraction of sp³-hybridized carbons (Fsp3) is 0.867. The van der Waals surface area contributed by atoms with Crippen LogP contribution in [0.25, 0.3) is 0 Å². The van der Waals surface area contributed by atoms with E-state index in [-0.39, 0.29) is 22.6 Å². The van der Waals surface area contributed by atoms with E-state index in [9.17, 15) is 9.59 Å². The van der Waals surface area contributed by atoms with Crippen molar-refractivity contribution in [1.82, 2.24) is 10.6 Å². The van der Waals surface area contributed by atoms with E-state index in [1.165, 1.54) is 0 Å². The second-order valence-corrected chi connectivity index (χ2v) is 6.73. The molecule has 4 nitrogen and oxygen atoms in total. The Kier molecular flexibility index (Phi) is 7.45. The van der Waals surface area contributed by atoms with Crippen LogP contribution >= 0.6 is 0 Å². The molecule has 0 atom stereocenters. The zero-order valence-corrected chi connectivity index (χ0v) is 13.4. The van der Waals surface area contributed by atoms with E-state index in [0.717, 1.165) is 19.5 Å². The summed E-state index contributed by atoms with van der Waals surface area (Å²) in [6.07, 6.45) is 2.08. The van der Waals surface area contributed by atoms with Crippen molar-refractivity contribution in [3.8, 4) is 0 Å². The number of hydrogen-bond donors (Lipinski definition) is 2. The van der Waals surface area contributed by atoms with Crippen molar-refractivity contribution in [3.63, 3.8) is 0 Å². The van der Waals surface area contributed by atoms with E-state index in [0.29, 0.717) is 12.8 Å². The molecule has 0 heterocycles. The van der Waals surface area contributed by atoms with Gasteiger partial charge in [-0.25, -0.2) is 0 Å². The van der Waals surface area contributed by atoms with Crippen molar-refractivity contribution in [2.24, 2.45) is 0 Å². The molecule has 0 aromatic rings. The summed E-state index contributed by atoms with van der Waals surface area (Å²) in [5.74, 6) is 0.413. The molecule has 4 heteroatoms. The van der Waals surface area contributed by atoms with Crippen LogP contribution in [-0.2, 0) is 9.59 Å². The monoisotopic (exact) mass is 270 g/mol. The lowest BCUT2D eigenvalue weighted by Crippen LogP contribution is -2.44. The van der Waals surface area contributed by atoms with Crippen molar-refractivity contribution in [3.05, 3.63) is 0 Å². The zero-order valence-electron chi connectivity index (χ0n) is 13.4. The van der Waals surface area contributed by atoms with Gasteiger partial charge in [0.25, 0.3) is 0 Å². The Labute approximate surface area is 117 Å². The molecule has 19 heavy (non-hydrogen) atoms. The normalized spacial score (nSPS) is 12.5. The molecule has 0 aliphatic rings. The van der Waals surface area contributed by atoms with Crippen LogP contribution in [-0.4, -0.2) is 35.7 Å². The molecule has 112 valence electrons. The van der Waals surface area contributed by atoms with Crippen LogP contribution in [0, 0.1) is 0 Å². The smallest absolute Gasteiger partial charge is 0.131 e. The minimum absolute atomic E-state index is 0.138. The highest BCUT2D eigenvalue weighted by Crippen LogP contribution is 2.10. The first kappa shape index (κ1) is 18.3. The molecule has 0 amide bonds. The van der Waals surface area contributed by atoms with Gasteiger partial charge in [-0.15, -0.1) is 0 Å². The van der Waals surface area contributed by atoms with Gasteiger partial charge in [-0.1, -0.05) is 0 Å². The summed E-state index contributed by atoms with van der Waals surface area (Å²) < 4.78 is 0. The quantitative estimate of drug-likeness (QED) is 0.597. The molecule has 0 rings (SSSR count). The fourth-order valence-corrected chi connectivity index (χ4v) is 2.31. The van der Waals surface area contributed by atoms with Crippen LogP contribution in [0.5, 0.6) is 0 Å². The summed E-state index contributed by atoms with van der Waals surface area (Å²) in [6.45, 7) is 13.1. The van der Waals surface area contributed by atoms with E-state index in [1.807, 2.05) is 27.7 Å². The van der Waals surface area contributed by atoms with Gasteiger partial charge >= 0.3 is 0 Å². The third-order valence-electron chi connectivity index (χ3n) is 2.94. The Balaban J connectivity index is 3.81. The van der Waals surface area contributed by atoms with Gasteiger partial charge in [0.15, 0.2) is 0 Å². The third-order valence-corrected chi connectivity index (χ3v) is 2.94. The molecule has 2 N–H and O–H groups in total. The third kappa shape index (κ3) is 10.8. The molecule has 0 fully saturated rings. The predicted octanol–water partition coefficient (Wildman–Crippen LogP) is 2.07. The van der Waals surface area contributed by atoms with Crippen LogP contribution in [0.15, 0.2) is 0 Å². The number of Topliss-reactive ketones (excluding diaryl/α,β-unsaturated/α-hetero) is 2. The maximum atomic E-state index is 11.1. The molecule has 0 aromatic carbocycles. The maximum Gasteiger partial charge on any atom is 0.131 e. The average Bonchev–Trinajstić information content (AvgIpc) is 2.11. The Morgan fingerprint density at radius 2 is 1.11 bits per heavy atom. The predicted molar refractivity (Wildman–Crippen MR) is 79.4 cm³/mol. The average molecular weight is 270 g/mol. The van der Waals surface area contributed by atoms with E-state index in [2.05, 4.69) is 10.6 Å². The highest BCUT2D eigenvalue weighted by atomic mass is 16.1. The van der Waals surface area contributed by atoms with Gasteiger partial charge in [-0.3, -0.25) is 9.59 Å². The molecule has 0 bridgehead atoms. The molecule has 0 unspecified atom stereocenters. The first-order valence-corrected chi connectivity index (χ1v) is 7.03. The van der Waals surface area contributed by atoms with E-state index in [4.69, 9.17) is 0 Å². The van der Waals surface area contributed by atoms with Crippen LogP contribution in [0.3, 0.4) is 0 Å². The topological polar surface area (TPSA) is 58.2 Å². The molecule has 0 aliphatic carbocycles. The summed E-state index contributed by atoms with van der Waals surface area (Å²) in [5.41, 5.74) is -0.276. The van der Waals surface area contributed by atoms with Gasteiger partial charge in [0, 0.05) is 23.9 Å². The van der Waals surface area contributed by atoms with Gasteiger partial charge < -0.3 is 10.6 Å². The van der Waals surface area contributed by atoms with Crippen molar-refractivity contribution in [2.45, 2.75) is 71.9 Å². The van der Waals surface area contributed by atoms with Crippen LogP contribution in [0.4, 0.5) is 0 Å². The summed E-state index contributed by atoms with van der Waals surface area (Å²) in [6, 6.07) is 0. The van der Waals surface area contributed by atoms with Gasteiger partial charge in [-0.2, -0.15) is 0 Å². The summed E-state index contributed by atoms with van der Waals surface area (Å²) >= 11 is 0. The lowest BCUT2D eigenvalue weighted by atomic mass is 9.97. The Bertz CT molecular complexity index is 279. The molecule has 0 radical (unpaired) electrons.